The van der Waals surface area contributed by atoms with Gasteiger partial charge in [0.05, 0.1) is 11.4 Å². The summed E-state index contributed by atoms with van der Waals surface area (Å²) < 4.78 is 0. The maximum atomic E-state index is 13.4. The molecule has 1 aromatic carbocycles. The van der Waals surface area contributed by atoms with E-state index in [4.69, 9.17) is 0 Å². The molecule has 2 aromatic heterocycles. The van der Waals surface area contributed by atoms with E-state index in [1.807, 2.05) is 17.5 Å². The second-order valence-electron chi connectivity index (χ2n) is 11.3. The van der Waals surface area contributed by atoms with Gasteiger partial charge in [0.15, 0.2) is 0 Å². The molecule has 2 fully saturated rings. The Morgan fingerprint density at radius 3 is 2.52 bits per heavy atom. The number of rotatable bonds is 10. The van der Waals surface area contributed by atoms with Crippen LogP contribution in [0.15, 0.2) is 48.1 Å². The molecule has 3 aromatic rings. The SMILES string of the molecule is CC(C)N1CCC(Nc2ccc(N3CCC(CCCO)CC3)c(NC(=O)c3csc(-c4ccncc4)n3)c2)CC1. The van der Waals surface area contributed by atoms with E-state index in [1.54, 1.807) is 12.4 Å². The summed E-state index contributed by atoms with van der Waals surface area (Å²) in [4.78, 5) is 27.0. The minimum absolute atomic E-state index is 0.196. The van der Waals surface area contributed by atoms with E-state index in [0.29, 0.717) is 23.7 Å². The summed E-state index contributed by atoms with van der Waals surface area (Å²) in [7, 11) is 0. The lowest BCUT2D eigenvalue weighted by Gasteiger charge is -2.36. The highest BCUT2D eigenvalue weighted by atomic mass is 32.1. The van der Waals surface area contributed by atoms with Gasteiger partial charge in [0.25, 0.3) is 5.91 Å². The zero-order valence-electron chi connectivity index (χ0n) is 23.7. The summed E-state index contributed by atoms with van der Waals surface area (Å²) in [5.74, 6) is 0.457. The molecule has 0 radical (unpaired) electrons. The van der Waals surface area contributed by atoms with Gasteiger partial charge in [-0.15, -0.1) is 11.3 Å². The Morgan fingerprint density at radius 1 is 1.07 bits per heavy atom. The van der Waals surface area contributed by atoms with Crippen LogP contribution in [0.1, 0.15) is 62.9 Å². The lowest BCUT2D eigenvalue weighted by molar-refractivity contribution is 0.102. The molecular formula is C31H42N6O2S. The van der Waals surface area contributed by atoms with Crippen LogP contribution in [-0.4, -0.2) is 70.8 Å². The zero-order valence-corrected chi connectivity index (χ0v) is 24.5. The molecule has 2 saturated heterocycles. The van der Waals surface area contributed by atoms with Gasteiger partial charge in [0, 0.05) is 73.9 Å². The van der Waals surface area contributed by atoms with Crippen molar-refractivity contribution in [2.75, 3.05) is 48.3 Å². The van der Waals surface area contributed by atoms with Crippen LogP contribution in [0, 0.1) is 5.92 Å². The van der Waals surface area contributed by atoms with Crippen molar-refractivity contribution in [1.82, 2.24) is 14.9 Å². The Bertz CT molecular complexity index is 1230. The van der Waals surface area contributed by atoms with E-state index < -0.39 is 0 Å². The number of amides is 1. The summed E-state index contributed by atoms with van der Waals surface area (Å²) >= 11 is 1.46. The van der Waals surface area contributed by atoms with Crippen LogP contribution >= 0.6 is 11.3 Å². The van der Waals surface area contributed by atoms with Crippen molar-refractivity contribution in [2.24, 2.45) is 5.92 Å². The van der Waals surface area contributed by atoms with Crippen LogP contribution in [0.4, 0.5) is 17.1 Å². The van der Waals surface area contributed by atoms with Gasteiger partial charge >= 0.3 is 0 Å². The number of pyridine rings is 1. The molecule has 0 spiro atoms. The number of carbonyl (C=O) groups excluding carboxylic acids is 1. The molecule has 9 heteroatoms. The Hall–Kier alpha value is -3.01. The highest BCUT2D eigenvalue weighted by Crippen LogP contribution is 2.34. The van der Waals surface area contributed by atoms with Gasteiger partial charge in [0.1, 0.15) is 10.7 Å². The van der Waals surface area contributed by atoms with Crippen LogP contribution in [0.25, 0.3) is 10.6 Å². The van der Waals surface area contributed by atoms with E-state index in [-0.39, 0.29) is 12.5 Å². The largest absolute Gasteiger partial charge is 0.396 e. The third-order valence-corrected chi connectivity index (χ3v) is 9.16. The molecule has 4 heterocycles. The molecule has 1 amide bonds. The van der Waals surface area contributed by atoms with Crippen LogP contribution in [0.2, 0.25) is 0 Å². The van der Waals surface area contributed by atoms with E-state index >= 15 is 0 Å². The first-order chi connectivity index (χ1) is 19.5. The fraction of sp³-hybridized carbons (Fsp3) is 0.516. The van der Waals surface area contributed by atoms with E-state index in [1.165, 1.54) is 11.3 Å². The molecule has 8 nitrogen and oxygen atoms in total. The van der Waals surface area contributed by atoms with Gasteiger partial charge in [-0.05, 0) is 88.6 Å². The lowest BCUT2D eigenvalue weighted by atomic mass is 9.92. The standard InChI is InChI=1S/C31H42N6O2S/c1-22(2)36-17-11-25(12-18-36)33-26-5-6-29(37-15-9-23(10-16-37)4-3-19-38)27(20-26)34-30(39)28-21-40-31(35-28)24-7-13-32-14-8-24/h5-8,13-14,20-23,25,33,38H,3-4,9-12,15-19H2,1-2H3,(H,34,39). The first kappa shape index (κ1) is 28.5. The number of benzene rings is 1. The van der Waals surface area contributed by atoms with E-state index in [9.17, 15) is 9.90 Å². The first-order valence-corrected chi connectivity index (χ1v) is 15.6. The monoisotopic (exact) mass is 562 g/mol. The predicted molar refractivity (Wildman–Crippen MR) is 164 cm³/mol. The van der Waals surface area contributed by atoms with Crippen molar-refractivity contribution in [3.63, 3.8) is 0 Å². The average molecular weight is 563 g/mol. The first-order valence-electron chi connectivity index (χ1n) is 14.7. The second-order valence-corrected chi connectivity index (χ2v) is 12.2. The topological polar surface area (TPSA) is 93.6 Å². The number of aliphatic hydroxyl groups excluding tert-OH is 1. The van der Waals surface area contributed by atoms with Crippen molar-refractivity contribution in [1.29, 1.82) is 0 Å². The molecular weight excluding hydrogens is 520 g/mol. The van der Waals surface area contributed by atoms with Crippen molar-refractivity contribution < 1.29 is 9.90 Å². The van der Waals surface area contributed by atoms with Crippen molar-refractivity contribution >= 4 is 34.3 Å². The normalized spacial score (nSPS) is 17.4. The summed E-state index contributed by atoms with van der Waals surface area (Å²) in [6, 6.07) is 11.2. The molecule has 214 valence electrons. The number of anilines is 3. The average Bonchev–Trinajstić information content (AvgIpc) is 3.48. The number of carbonyl (C=O) groups is 1. The van der Waals surface area contributed by atoms with Gasteiger partial charge in [0.2, 0.25) is 0 Å². The summed E-state index contributed by atoms with van der Waals surface area (Å²) in [6.07, 6.45) is 9.85. The smallest absolute Gasteiger partial charge is 0.275 e. The molecule has 40 heavy (non-hydrogen) atoms. The number of hydrogen-bond acceptors (Lipinski definition) is 8. The third kappa shape index (κ3) is 7.19. The number of nitrogens with one attached hydrogen (secondary N) is 2. The highest BCUT2D eigenvalue weighted by Gasteiger charge is 2.24. The van der Waals surface area contributed by atoms with Gasteiger partial charge in [-0.2, -0.15) is 0 Å². The maximum absolute atomic E-state index is 13.4. The number of likely N-dealkylation sites (tertiary alicyclic amines) is 1. The Balaban J connectivity index is 1.32. The summed E-state index contributed by atoms with van der Waals surface area (Å²) in [6.45, 7) is 8.89. The van der Waals surface area contributed by atoms with Gasteiger partial charge in [-0.25, -0.2) is 4.98 Å². The second kappa shape index (κ2) is 13.6. The summed E-state index contributed by atoms with van der Waals surface area (Å²) in [5.41, 5.74) is 4.29. The number of hydrogen-bond donors (Lipinski definition) is 3. The summed E-state index contributed by atoms with van der Waals surface area (Å²) in [5, 5.41) is 18.8. The number of nitrogens with zero attached hydrogens (tertiary/aromatic N) is 4. The van der Waals surface area contributed by atoms with Crippen molar-refractivity contribution in [3.8, 4) is 10.6 Å². The molecule has 2 aliphatic rings. The van der Waals surface area contributed by atoms with Crippen molar-refractivity contribution in [3.05, 3.63) is 53.8 Å². The minimum atomic E-state index is -0.196. The zero-order chi connectivity index (χ0) is 27.9. The molecule has 2 aliphatic heterocycles. The molecule has 5 rings (SSSR count). The van der Waals surface area contributed by atoms with E-state index in [2.05, 4.69) is 62.4 Å². The van der Waals surface area contributed by atoms with E-state index in [0.717, 1.165) is 92.3 Å². The number of aliphatic hydroxyl groups is 1. The van der Waals surface area contributed by atoms with Crippen LogP contribution in [0.3, 0.4) is 0 Å². The fourth-order valence-electron chi connectivity index (χ4n) is 5.83. The molecule has 3 N–H and O–H groups in total. The lowest BCUT2D eigenvalue weighted by Crippen LogP contribution is -2.42. The quantitative estimate of drug-likeness (QED) is 0.291. The predicted octanol–water partition coefficient (Wildman–Crippen LogP) is 5.73. The highest BCUT2D eigenvalue weighted by molar-refractivity contribution is 7.13. The number of thiazole rings is 1. The van der Waals surface area contributed by atoms with Gasteiger partial charge < -0.3 is 25.5 Å². The molecule has 0 aliphatic carbocycles. The Labute approximate surface area is 241 Å². The fourth-order valence-corrected chi connectivity index (χ4v) is 6.64. The van der Waals surface area contributed by atoms with Gasteiger partial charge in [-0.3, -0.25) is 9.78 Å². The van der Waals surface area contributed by atoms with Crippen LogP contribution in [0.5, 0.6) is 0 Å². The third-order valence-electron chi connectivity index (χ3n) is 8.27. The molecule has 0 bridgehead atoms. The van der Waals surface area contributed by atoms with Crippen LogP contribution in [-0.2, 0) is 0 Å². The van der Waals surface area contributed by atoms with Crippen molar-refractivity contribution in [2.45, 2.75) is 64.5 Å². The molecule has 0 saturated carbocycles. The number of piperidine rings is 2. The Morgan fingerprint density at radius 2 is 1.82 bits per heavy atom. The molecule has 0 atom stereocenters. The maximum Gasteiger partial charge on any atom is 0.275 e. The molecule has 0 unspecified atom stereocenters. The Kier molecular flexibility index (Phi) is 9.67. The minimum Gasteiger partial charge on any atom is -0.396 e. The number of aromatic nitrogens is 2. The van der Waals surface area contributed by atoms with Crippen LogP contribution < -0.4 is 15.5 Å². The van der Waals surface area contributed by atoms with Gasteiger partial charge in [-0.1, -0.05) is 0 Å².